The van der Waals surface area contributed by atoms with Crippen LogP contribution < -0.4 is 15.2 Å². The van der Waals surface area contributed by atoms with Gasteiger partial charge in [0.25, 0.3) is 0 Å². The van der Waals surface area contributed by atoms with Crippen LogP contribution in [0, 0.1) is 5.41 Å². The molecule has 4 heteroatoms. The third-order valence-electron chi connectivity index (χ3n) is 5.34. The van der Waals surface area contributed by atoms with E-state index in [0.717, 1.165) is 31.3 Å². The molecule has 1 aromatic carbocycles. The standard InChI is InChI=1S/C15H19NO3/c16-7-14(4-1-5-14)15(8-17-9-15)11-2-3-12-13(6-11)19-10-18-12/h2-3,6H,1,4-5,7-10,16H2. The maximum atomic E-state index is 6.10. The van der Waals surface area contributed by atoms with Crippen molar-refractivity contribution in [2.75, 3.05) is 26.6 Å². The minimum atomic E-state index is 0.0843. The summed E-state index contributed by atoms with van der Waals surface area (Å²) in [5.74, 6) is 1.70. The molecule has 1 aromatic rings. The molecule has 102 valence electrons. The van der Waals surface area contributed by atoms with E-state index in [1.807, 2.05) is 6.07 Å². The lowest BCUT2D eigenvalue weighted by atomic mass is 9.50. The molecule has 2 fully saturated rings. The summed E-state index contributed by atoms with van der Waals surface area (Å²) in [7, 11) is 0. The average Bonchev–Trinajstić information content (AvgIpc) is 2.78. The van der Waals surface area contributed by atoms with Crippen LogP contribution in [-0.4, -0.2) is 26.6 Å². The molecule has 0 amide bonds. The second-order valence-corrected chi connectivity index (χ2v) is 5.98. The molecule has 4 nitrogen and oxygen atoms in total. The minimum Gasteiger partial charge on any atom is -0.454 e. The number of nitrogens with two attached hydrogens (primary N) is 1. The van der Waals surface area contributed by atoms with E-state index in [2.05, 4.69) is 12.1 Å². The lowest BCUT2D eigenvalue weighted by Gasteiger charge is -2.60. The van der Waals surface area contributed by atoms with Gasteiger partial charge in [-0.15, -0.1) is 0 Å². The smallest absolute Gasteiger partial charge is 0.231 e. The van der Waals surface area contributed by atoms with Gasteiger partial charge in [0, 0.05) is 5.41 Å². The first-order valence-electron chi connectivity index (χ1n) is 6.98. The first kappa shape index (κ1) is 11.6. The van der Waals surface area contributed by atoms with Crippen molar-refractivity contribution < 1.29 is 14.2 Å². The van der Waals surface area contributed by atoms with Crippen LogP contribution >= 0.6 is 0 Å². The highest BCUT2D eigenvalue weighted by atomic mass is 16.7. The molecule has 1 saturated carbocycles. The SMILES string of the molecule is NCC1(C2(c3ccc4c(c3)OCO4)COC2)CCC1. The topological polar surface area (TPSA) is 53.7 Å². The quantitative estimate of drug-likeness (QED) is 0.901. The summed E-state index contributed by atoms with van der Waals surface area (Å²) < 4.78 is 16.5. The Labute approximate surface area is 112 Å². The van der Waals surface area contributed by atoms with E-state index < -0.39 is 0 Å². The maximum absolute atomic E-state index is 6.10. The zero-order valence-corrected chi connectivity index (χ0v) is 11.0. The summed E-state index contributed by atoms with van der Waals surface area (Å²) in [6, 6.07) is 6.30. The zero-order chi connectivity index (χ0) is 12.9. The monoisotopic (exact) mass is 261 g/mol. The van der Waals surface area contributed by atoms with Crippen molar-refractivity contribution in [2.24, 2.45) is 11.1 Å². The summed E-state index contributed by atoms with van der Waals surface area (Å²) in [6.45, 7) is 2.63. The third-order valence-corrected chi connectivity index (χ3v) is 5.34. The number of rotatable bonds is 3. The van der Waals surface area contributed by atoms with E-state index in [4.69, 9.17) is 19.9 Å². The highest BCUT2D eigenvalue weighted by Gasteiger charge is 2.59. The van der Waals surface area contributed by atoms with Crippen molar-refractivity contribution in [3.8, 4) is 11.5 Å². The number of fused-ring (bicyclic) bond motifs is 1. The van der Waals surface area contributed by atoms with Crippen LogP contribution in [0.15, 0.2) is 18.2 Å². The maximum Gasteiger partial charge on any atom is 0.231 e. The Morgan fingerprint density at radius 2 is 1.89 bits per heavy atom. The van der Waals surface area contributed by atoms with Crippen molar-refractivity contribution >= 4 is 0 Å². The Kier molecular flexibility index (Phi) is 2.35. The largest absolute Gasteiger partial charge is 0.454 e. The van der Waals surface area contributed by atoms with Crippen molar-refractivity contribution in [3.05, 3.63) is 23.8 Å². The van der Waals surface area contributed by atoms with Crippen molar-refractivity contribution in [1.29, 1.82) is 0 Å². The Morgan fingerprint density at radius 1 is 1.11 bits per heavy atom. The second-order valence-electron chi connectivity index (χ2n) is 5.98. The van der Waals surface area contributed by atoms with Crippen LogP contribution in [-0.2, 0) is 10.2 Å². The fourth-order valence-corrected chi connectivity index (χ4v) is 3.76. The molecule has 2 heterocycles. The van der Waals surface area contributed by atoms with E-state index in [9.17, 15) is 0 Å². The van der Waals surface area contributed by atoms with E-state index >= 15 is 0 Å². The number of hydrogen-bond acceptors (Lipinski definition) is 4. The molecule has 1 saturated heterocycles. The molecule has 0 atom stereocenters. The molecule has 3 aliphatic rings. The third kappa shape index (κ3) is 1.36. The van der Waals surface area contributed by atoms with E-state index in [1.54, 1.807) is 0 Å². The Hall–Kier alpha value is -1.26. The summed E-state index contributed by atoms with van der Waals surface area (Å²) in [6.07, 6.45) is 3.70. The molecule has 0 bridgehead atoms. The van der Waals surface area contributed by atoms with Crippen LogP contribution in [0.4, 0.5) is 0 Å². The molecule has 1 aliphatic carbocycles. The van der Waals surface area contributed by atoms with Crippen molar-refractivity contribution in [2.45, 2.75) is 24.7 Å². The van der Waals surface area contributed by atoms with Crippen molar-refractivity contribution in [3.63, 3.8) is 0 Å². The predicted octanol–water partition coefficient (Wildman–Crippen LogP) is 1.81. The molecule has 2 aliphatic heterocycles. The van der Waals surface area contributed by atoms with E-state index in [-0.39, 0.29) is 10.8 Å². The van der Waals surface area contributed by atoms with Gasteiger partial charge >= 0.3 is 0 Å². The molecule has 2 N–H and O–H groups in total. The Balaban J connectivity index is 1.76. The molecule has 0 unspecified atom stereocenters. The van der Waals surface area contributed by atoms with Gasteiger partial charge in [-0.1, -0.05) is 12.5 Å². The summed E-state index contributed by atoms with van der Waals surface area (Å²) in [4.78, 5) is 0. The zero-order valence-electron chi connectivity index (χ0n) is 11.0. The van der Waals surface area contributed by atoms with Crippen LogP contribution in [0.3, 0.4) is 0 Å². The van der Waals surface area contributed by atoms with Gasteiger partial charge in [0.15, 0.2) is 11.5 Å². The first-order valence-corrected chi connectivity index (χ1v) is 6.98. The average molecular weight is 261 g/mol. The summed E-state index contributed by atoms with van der Waals surface area (Å²) >= 11 is 0. The van der Waals surface area contributed by atoms with Gasteiger partial charge in [0.1, 0.15) is 0 Å². The Bertz CT molecular complexity index is 501. The molecular weight excluding hydrogens is 242 g/mol. The number of ether oxygens (including phenoxy) is 3. The van der Waals surface area contributed by atoms with Crippen LogP contribution in [0.2, 0.25) is 0 Å². The van der Waals surface area contributed by atoms with Gasteiger partial charge in [0.2, 0.25) is 6.79 Å². The molecular formula is C15H19NO3. The predicted molar refractivity (Wildman–Crippen MR) is 70.4 cm³/mol. The van der Waals surface area contributed by atoms with Crippen LogP contribution in [0.5, 0.6) is 11.5 Å². The molecule has 19 heavy (non-hydrogen) atoms. The number of hydrogen-bond donors (Lipinski definition) is 1. The fraction of sp³-hybridized carbons (Fsp3) is 0.600. The fourth-order valence-electron chi connectivity index (χ4n) is 3.76. The van der Waals surface area contributed by atoms with Gasteiger partial charge in [-0.2, -0.15) is 0 Å². The highest BCUT2D eigenvalue weighted by molar-refractivity contribution is 5.48. The minimum absolute atomic E-state index is 0.0843. The molecule has 4 rings (SSSR count). The normalized spacial score (nSPS) is 25.5. The van der Waals surface area contributed by atoms with Crippen molar-refractivity contribution in [1.82, 2.24) is 0 Å². The molecule has 0 spiro atoms. The summed E-state index contributed by atoms with van der Waals surface area (Å²) in [5.41, 5.74) is 7.71. The molecule has 0 radical (unpaired) electrons. The van der Waals surface area contributed by atoms with Crippen LogP contribution in [0.1, 0.15) is 24.8 Å². The van der Waals surface area contributed by atoms with Gasteiger partial charge < -0.3 is 19.9 Å². The van der Waals surface area contributed by atoms with Crippen LogP contribution in [0.25, 0.3) is 0 Å². The van der Waals surface area contributed by atoms with Gasteiger partial charge in [-0.25, -0.2) is 0 Å². The van der Waals surface area contributed by atoms with E-state index in [1.165, 1.54) is 24.8 Å². The number of benzene rings is 1. The first-order chi connectivity index (χ1) is 9.30. The van der Waals surface area contributed by atoms with Gasteiger partial charge in [-0.3, -0.25) is 0 Å². The van der Waals surface area contributed by atoms with Gasteiger partial charge in [0.05, 0.1) is 13.2 Å². The van der Waals surface area contributed by atoms with Gasteiger partial charge in [-0.05, 0) is 42.5 Å². The molecule has 0 aromatic heterocycles. The summed E-state index contributed by atoms with van der Waals surface area (Å²) in [5, 5.41) is 0. The lowest BCUT2D eigenvalue weighted by Crippen LogP contribution is -2.64. The second kappa shape index (κ2) is 3.87. The lowest BCUT2D eigenvalue weighted by molar-refractivity contribution is -0.154. The highest BCUT2D eigenvalue weighted by Crippen LogP contribution is 2.58. The Morgan fingerprint density at radius 3 is 2.47 bits per heavy atom. The van der Waals surface area contributed by atoms with E-state index in [0.29, 0.717) is 6.79 Å².